The lowest BCUT2D eigenvalue weighted by molar-refractivity contribution is -0.0392. The molecule has 2 fully saturated rings. The lowest BCUT2D eigenvalue weighted by Crippen LogP contribution is -2.54. The van der Waals surface area contributed by atoms with E-state index in [2.05, 4.69) is 42.9 Å². The van der Waals surface area contributed by atoms with E-state index in [9.17, 15) is 0 Å². The van der Waals surface area contributed by atoms with Crippen molar-refractivity contribution in [2.75, 3.05) is 6.54 Å². The second-order valence-corrected chi connectivity index (χ2v) is 6.73. The summed E-state index contributed by atoms with van der Waals surface area (Å²) in [4.78, 5) is 4.37. The van der Waals surface area contributed by atoms with Crippen LogP contribution < -0.4 is 5.32 Å². The average Bonchev–Trinajstić information content (AvgIpc) is 2.49. The van der Waals surface area contributed by atoms with Crippen molar-refractivity contribution in [2.45, 2.75) is 45.6 Å². The molecule has 0 radical (unpaired) electrons. The van der Waals surface area contributed by atoms with Gasteiger partial charge in [-0.1, -0.05) is 25.7 Å². The molecule has 1 spiro atoms. The van der Waals surface area contributed by atoms with Crippen molar-refractivity contribution in [3.8, 4) is 0 Å². The molecule has 0 aromatic carbocycles. The summed E-state index contributed by atoms with van der Waals surface area (Å²) in [6.07, 6.45) is 11.7. The van der Waals surface area contributed by atoms with Crippen molar-refractivity contribution in [1.82, 2.24) is 5.32 Å². The zero-order chi connectivity index (χ0) is 13.5. The molecule has 2 saturated carbocycles. The molecule has 19 heavy (non-hydrogen) atoms. The van der Waals surface area contributed by atoms with Crippen molar-refractivity contribution in [3.63, 3.8) is 0 Å². The summed E-state index contributed by atoms with van der Waals surface area (Å²) in [7, 11) is 0. The molecule has 3 rings (SSSR count). The van der Waals surface area contributed by atoms with Crippen molar-refractivity contribution in [1.29, 1.82) is 0 Å². The molecule has 0 aromatic rings. The second kappa shape index (κ2) is 4.66. The molecule has 0 saturated heterocycles. The molecule has 1 heterocycles. The molecule has 1 N–H and O–H groups in total. The van der Waals surface area contributed by atoms with Gasteiger partial charge in [0.25, 0.3) is 0 Å². The Hall–Kier alpha value is -1.31. The molecule has 0 amide bonds. The van der Waals surface area contributed by atoms with Crippen LogP contribution in [0, 0.1) is 11.3 Å². The first-order valence-corrected chi connectivity index (χ1v) is 7.41. The number of hydrogen-bond donors (Lipinski definition) is 1. The van der Waals surface area contributed by atoms with E-state index in [4.69, 9.17) is 0 Å². The molecular weight excluding hydrogens is 232 g/mol. The van der Waals surface area contributed by atoms with Gasteiger partial charge in [-0.3, -0.25) is 4.99 Å². The highest BCUT2D eigenvalue weighted by Gasteiger charge is 2.51. The Balaban J connectivity index is 1.57. The minimum Gasteiger partial charge on any atom is -0.382 e. The Kier molecular flexibility index (Phi) is 3.12. The molecule has 2 heteroatoms. The first kappa shape index (κ1) is 12.7. The van der Waals surface area contributed by atoms with Crippen LogP contribution in [0.25, 0.3) is 0 Å². The van der Waals surface area contributed by atoms with Crippen LogP contribution in [0.15, 0.2) is 40.6 Å². The lowest BCUT2D eigenvalue weighted by atomic mass is 9.50. The summed E-state index contributed by atoms with van der Waals surface area (Å²) in [5.74, 6) is 0.952. The van der Waals surface area contributed by atoms with E-state index in [0.29, 0.717) is 11.5 Å². The molecule has 0 aromatic heterocycles. The van der Waals surface area contributed by atoms with E-state index in [-0.39, 0.29) is 0 Å². The number of rotatable bonds is 3. The molecule has 0 unspecified atom stereocenters. The van der Waals surface area contributed by atoms with E-state index in [1.54, 1.807) is 0 Å². The summed E-state index contributed by atoms with van der Waals surface area (Å²) in [5.41, 5.74) is 4.15. The van der Waals surface area contributed by atoms with E-state index in [1.165, 1.54) is 31.3 Å². The molecule has 102 valence electrons. The second-order valence-electron chi connectivity index (χ2n) is 6.73. The van der Waals surface area contributed by atoms with Gasteiger partial charge in [-0.25, -0.2) is 0 Å². The number of nitrogens with one attached hydrogen (secondary N) is 1. The van der Waals surface area contributed by atoms with Crippen LogP contribution in [0.1, 0.15) is 39.5 Å². The van der Waals surface area contributed by atoms with Crippen LogP contribution in [0.3, 0.4) is 0 Å². The van der Waals surface area contributed by atoms with Crippen molar-refractivity contribution in [3.05, 3.63) is 35.6 Å². The maximum absolute atomic E-state index is 4.37. The minimum absolute atomic E-state index is 0.626. The van der Waals surface area contributed by atoms with E-state index in [1.807, 2.05) is 6.21 Å². The van der Waals surface area contributed by atoms with Gasteiger partial charge in [0.05, 0.1) is 6.54 Å². The van der Waals surface area contributed by atoms with Crippen LogP contribution >= 0.6 is 0 Å². The fraction of sp³-hybridized carbons (Fsp3) is 0.588. The molecule has 3 aliphatic rings. The fourth-order valence-electron chi connectivity index (χ4n) is 4.11. The van der Waals surface area contributed by atoms with Gasteiger partial charge in [-0.2, -0.15) is 0 Å². The third-order valence-corrected chi connectivity index (χ3v) is 4.85. The Bertz CT molecular complexity index is 467. The highest BCUT2D eigenvalue weighted by molar-refractivity contribution is 5.86. The summed E-state index contributed by atoms with van der Waals surface area (Å²) in [5, 5.41) is 3.60. The lowest BCUT2D eigenvalue weighted by Gasteiger charge is -2.57. The minimum atomic E-state index is 0.626. The highest BCUT2D eigenvalue weighted by Crippen LogP contribution is 2.58. The van der Waals surface area contributed by atoms with Crippen molar-refractivity contribution >= 4 is 6.21 Å². The molecule has 2 nitrogen and oxygen atoms in total. The summed E-state index contributed by atoms with van der Waals surface area (Å²) < 4.78 is 0. The zero-order valence-corrected chi connectivity index (χ0v) is 12.1. The fourth-order valence-corrected chi connectivity index (χ4v) is 4.11. The van der Waals surface area contributed by atoms with E-state index in [0.717, 1.165) is 23.7 Å². The van der Waals surface area contributed by atoms with Gasteiger partial charge < -0.3 is 5.32 Å². The predicted octanol–water partition coefficient (Wildman–Crippen LogP) is 3.63. The van der Waals surface area contributed by atoms with Gasteiger partial charge >= 0.3 is 0 Å². The van der Waals surface area contributed by atoms with Gasteiger partial charge in [0.15, 0.2) is 0 Å². The van der Waals surface area contributed by atoms with E-state index < -0.39 is 0 Å². The molecule has 0 bridgehead atoms. The summed E-state index contributed by atoms with van der Waals surface area (Å²) in [6, 6.07) is 0.626. The van der Waals surface area contributed by atoms with Crippen LogP contribution in [-0.2, 0) is 0 Å². The van der Waals surface area contributed by atoms with E-state index >= 15 is 0 Å². The molecule has 2 aliphatic carbocycles. The molecule has 1 aliphatic heterocycles. The Morgan fingerprint density at radius 1 is 1.37 bits per heavy atom. The highest BCUT2D eigenvalue weighted by atomic mass is 15.0. The smallest absolute Gasteiger partial charge is 0.0573 e. The van der Waals surface area contributed by atoms with Gasteiger partial charge in [-0.05, 0) is 49.5 Å². The van der Waals surface area contributed by atoms with Gasteiger partial charge in [0.1, 0.15) is 0 Å². The Morgan fingerprint density at radius 3 is 2.79 bits per heavy atom. The van der Waals surface area contributed by atoms with Crippen LogP contribution in [0.2, 0.25) is 0 Å². The largest absolute Gasteiger partial charge is 0.382 e. The molecule has 0 atom stereocenters. The monoisotopic (exact) mass is 256 g/mol. The standard InChI is InChI=1S/C17H24N2/c1-12-7-17(8-12)9-15(10-17)19-14(3)16-11-18-6-4-5-13(16)2/h4-5,11-12,15,19H,3,6-10H2,1-2H3. The van der Waals surface area contributed by atoms with Crippen molar-refractivity contribution in [2.24, 2.45) is 16.3 Å². The maximum Gasteiger partial charge on any atom is 0.0573 e. The number of aliphatic imine (C=N–C) groups is 1. The normalized spacial score (nSPS) is 36.7. The topological polar surface area (TPSA) is 24.4 Å². The van der Waals surface area contributed by atoms with Gasteiger partial charge in [-0.15, -0.1) is 0 Å². The summed E-state index contributed by atoms with van der Waals surface area (Å²) >= 11 is 0. The quantitative estimate of drug-likeness (QED) is 0.819. The third-order valence-electron chi connectivity index (χ3n) is 4.85. The third kappa shape index (κ3) is 2.41. The Labute approximate surface area is 116 Å². The van der Waals surface area contributed by atoms with Crippen LogP contribution in [0.4, 0.5) is 0 Å². The first-order chi connectivity index (χ1) is 9.08. The van der Waals surface area contributed by atoms with Crippen LogP contribution in [-0.4, -0.2) is 18.8 Å². The number of hydrogen-bond acceptors (Lipinski definition) is 2. The first-order valence-electron chi connectivity index (χ1n) is 7.41. The summed E-state index contributed by atoms with van der Waals surface area (Å²) in [6.45, 7) is 9.48. The zero-order valence-electron chi connectivity index (χ0n) is 12.1. The van der Waals surface area contributed by atoms with Gasteiger partial charge in [0.2, 0.25) is 0 Å². The molecular formula is C17H24N2. The Morgan fingerprint density at radius 2 is 2.11 bits per heavy atom. The average molecular weight is 256 g/mol. The SMILES string of the molecule is C=C(NC1CC2(CC(C)C2)C1)C1=C(C)C=CCN=C1. The number of allylic oxidation sites excluding steroid dienone is 3. The predicted molar refractivity (Wildman–Crippen MR) is 81.3 cm³/mol. The van der Waals surface area contributed by atoms with Crippen LogP contribution in [0.5, 0.6) is 0 Å². The number of nitrogens with zero attached hydrogens (tertiary/aromatic N) is 1. The maximum atomic E-state index is 4.37. The van der Waals surface area contributed by atoms with Crippen molar-refractivity contribution < 1.29 is 0 Å². The van der Waals surface area contributed by atoms with Gasteiger partial charge in [0, 0.05) is 23.5 Å².